The average molecular weight is 1250 g/mol. The van der Waals surface area contributed by atoms with Crippen molar-refractivity contribution in [1.29, 1.82) is 0 Å². The van der Waals surface area contributed by atoms with E-state index in [1.165, 1.54) is 257 Å². The van der Waals surface area contributed by atoms with Gasteiger partial charge in [0, 0.05) is 78.5 Å². The Hall–Kier alpha value is -2.28. The molecular formula is C76H148N4O8. The van der Waals surface area contributed by atoms with Crippen LogP contribution in [-0.2, 0) is 38.1 Å². The number of piperazine rings is 1. The number of hydrogen-bond acceptors (Lipinski definition) is 12. The maximum absolute atomic E-state index is 13.0. The number of esters is 4. The number of unbranched alkanes of at least 4 members (excludes halogenated alkanes) is 44. The minimum absolute atomic E-state index is 0.149. The van der Waals surface area contributed by atoms with E-state index in [0.29, 0.717) is 78.3 Å². The molecule has 0 bridgehead atoms. The number of nitrogens with zero attached hydrogens (tertiary/aromatic N) is 4. The molecule has 1 saturated heterocycles. The van der Waals surface area contributed by atoms with Crippen molar-refractivity contribution < 1.29 is 38.1 Å². The molecule has 0 aliphatic carbocycles. The van der Waals surface area contributed by atoms with Crippen LogP contribution in [0.15, 0.2) is 0 Å². The molecule has 0 atom stereocenters. The van der Waals surface area contributed by atoms with Crippen molar-refractivity contribution in [3.8, 4) is 0 Å². The second kappa shape index (κ2) is 67.6. The fourth-order valence-electron chi connectivity index (χ4n) is 12.3. The van der Waals surface area contributed by atoms with Crippen molar-refractivity contribution >= 4 is 23.9 Å². The summed E-state index contributed by atoms with van der Waals surface area (Å²) < 4.78 is 22.9. The molecule has 1 aliphatic rings. The largest absolute Gasteiger partial charge is 0.466 e. The monoisotopic (exact) mass is 1250 g/mol. The Balaban J connectivity index is 2.64. The topological polar surface area (TPSA) is 118 Å². The highest BCUT2D eigenvalue weighted by Gasteiger charge is 2.21. The molecule has 1 aliphatic heterocycles. The van der Waals surface area contributed by atoms with Crippen molar-refractivity contribution in [3.05, 3.63) is 0 Å². The summed E-state index contributed by atoms with van der Waals surface area (Å²) in [5.74, 6) is -0.597. The summed E-state index contributed by atoms with van der Waals surface area (Å²) in [6.45, 7) is 20.3. The van der Waals surface area contributed by atoms with Gasteiger partial charge in [-0.3, -0.25) is 29.0 Å². The Morgan fingerprint density at radius 3 is 0.568 bits per heavy atom. The van der Waals surface area contributed by atoms with Crippen LogP contribution in [0.3, 0.4) is 0 Å². The molecule has 0 N–H and O–H groups in total. The number of carbonyl (C=O) groups is 4. The maximum atomic E-state index is 13.0. The molecule has 1 rings (SSSR count). The first-order valence-electron chi connectivity index (χ1n) is 38.8. The van der Waals surface area contributed by atoms with Crippen molar-refractivity contribution in [2.75, 3.05) is 105 Å². The van der Waals surface area contributed by atoms with Gasteiger partial charge in [0.1, 0.15) is 0 Å². The van der Waals surface area contributed by atoms with E-state index in [1.807, 2.05) is 0 Å². The summed E-state index contributed by atoms with van der Waals surface area (Å²) in [5, 5.41) is 0. The fraction of sp³-hybridized carbons (Fsp3) is 0.947. The molecular weight excluding hydrogens is 1100 g/mol. The fourth-order valence-corrected chi connectivity index (χ4v) is 12.3. The molecule has 0 saturated carbocycles. The minimum atomic E-state index is -0.149. The minimum Gasteiger partial charge on any atom is -0.466 e. The Morgan fingerprint density at radius 1 is 0.239 bits per heavy atom. The summed E-state index contributed by atoms with van der Waals surface area (Å²) in [4.78, 5) is 61.5. The van der Waals surface area contributed by atoms with Crippen LogP contribution < -0.4 is 0 Å². The van der Waals surface area contributed by atoms with Crippen LogP contribution in [0.2, 0.25) is 0 Å². The van der Waals surface area contributed by atoms with Gasteiger partial charge in [-0.2, -0.15) is 0 Å². The summed E-state index contributed by atoms with van der Waals surface area (Å²) in [7, 11) is 0. The van der Waals surface area contributed by atoms with E-state index in [0.717, 1.165) is 104 Å². The van der Waals surface area contributed by atoms with Crippen molar-refractivity contribution in [2.24, 2.45) is 0 Å². The van der Waals surface area contributed by atoms with E-state index in [-0.39, 0.29) is 23.9 Å². The highest BCUT2D eigenvalue weighted by atomic mass is 16.5. The predicted octanol–water partition coefficient (Wildman–Crippen LogP) is 19.7. The predicted molar refractivity (Wildman–Crippen MR) is 372 cm³/mol. The molecule has 12 heteroatoms. The lowest BCUT2D eigenvalue weighted by Gasteiger charge is -2.36. The van der Waals surface area contributed by atoms with Crippen molar-refractivity contribution in [1.82, 2.24) is 19.6 Å². The molecule has 0 unspecified atom stereocenters. The van der Waals surface area contributed by atoms with Gasteiger partial charge in [0.15, 0.2) is 0 Å². The van der Waals surface area contributed by atoms with E-state index >= 15 is 0 Å². The van der Waals surface area contributed by atoms with Gasteiger partial charge >= 0.3 is 23.9 Å². The Labute approximate surface area is 545 Å². The van der Waals surface area contributed by atoms with Gasteiger partial charge in [-0.05, 0) is 25.7 Å². The van der Waals surface area contributed by atoms with Crippen molar-refractivity contribution in [3.63, 3.8) is 0 Å². The van der Waals surface area contributed by atoms with Gasteiger partial charge in [-0.25, -0.2) is 0 Å². The highest BCUT2D eigenvalue weighted by molar-refractivity contribution is 5.71. The molecule has 0 aromatic rings. The summed E-state index contributed by atoms with van der Waals surface area (Å²) >= 11 is 0. The standard InChI is InChI=1S/C76H148N4O8/c1-5-9-13-17-21-25-29-33-37-41-45-49-69-85-73(81)53-57-77(58-54-74(82)86-70-50-46-42-38-34-30-26-22-18-14-10-6-2)61-63-79-65-67-80(68-66-79)64-62-78(59-55-75(83)87-71-51-47-43-39-35-31-27-23-19-15-11-7-3)60-56-76(84)88-72-52-48-44-40-36-32-28-24-20-16-12-8-4/h5-72H2,1-4H3. The first kappa shape index (κ1) is 83.7. The van der Waals surface area contributed by atoms with Crippen LogP contribution in [0.5, 0.6) is 0 Å². The number of hydrogen-bond donors (Lipinski definition) is 0. The lowest BCUT2D eigenvalue weighted by molar-refractivity contribution is -0.146. The van der Waals surface area contributed by atoms with Crippen LogP contribution in [0.1, 0.15) is 362 Å². The number of carbonyl (C=O) groups excluding carboxylic acids is 4. The van der Waals surface area contributed by atoms with E-state index < -0.39 is 0 Å². The molecule has 1 fully saturated rings. The molecule has 1 heterocycles. The van der Waals surface area contributed by atoms with Crippen LogP contribution in [0.4, 0.5) is 0 Å². The van der Waals surface area contributed by atoms with Gasteiger partial charge in [0.25, 0.3) is 0 Å². The molecule has 0 aromatic heterocycles. The molecule has 0 aromatic carbocycles. The quantitative estimate of drug-likeness (QED) is 0.0328. The zero-order chi connectivity index (χ0) is 63.5. The van der Waals surface area contributed by atoms with Gasteiger partial charge in [0.05, 0.1) is 52.1 Å². The van der Waals surface area contributed by atoms with Crippen LogP contribution in [-0.4, -0.2) is 148 Å². The molecule has 12 nitrogen and oxygen atoms in total. The summed E-state index contributed by atoms with van der Waals surface area (Å²) in [6.07, 6.45) is 62.6. The van der Waals surface area contributed by atoms with Gasteiger partial charge in [-0.15, -0.1) is 0 Å². The van der Waals surface area contributed by atoms with Crippen LogP contribution >= 0.6 is 0 Å². The van der Waals surface area contributed by atoms with Crippen molar-refractivity contribution in [2.45, 2.75) is 362 Å². The third kappa shape index (κ3) is 60.0. The Morgan fingerprint density at radius 2 is 0.398 bits per heavy atom. The molecule has 0 amide bonds. The Kier molecular flexibility index (Phi) is 64.3. The average Bonchev–Trinajstić information content (AvgIpc) is 3.67. The third-order valence-electron chi connectivity index (χ3n) is 18.5. The maximum Gasteiger partial charge on any atom is 0.307 e. The first-order valence-corrected chi connectivity index (χ1v) is 38.8. The number of rotatable bonds is 70. The van der Waals surface area contributed by atoms with E-state index in [4.69, 9.17) is 18.9 Å². The Bertz CT molecular complexity index is 1300. The van der Waals surface area contributed by atoms with Crippen LogP contribution in [0.25, 0.3) is 0 Å². The number of ether oxygens (including phenoxy) is 4. The lowest BCUT2D eigenvalue weighted by Crippen LogP contribution is -2.50. The highest BCUT2D eigenvalue weighted by Crippen LogP contribution is 2.17. The SMILES string of the molecule is CCCCCCCCCCCCCCOC(=O)CCN(CCC(=O)OCCCCCCCCCCCCCC)CCN1CCN(CCN(CCC(=O)OCCCCCCCCCCCCCC)CCC(=O)OCCCCCCCCCCCCCC)CC1. The zero-order valence-corrected chi connectivity index (χ0v) is 59.1. The smallest absolute Gasteiger partial charge is 0.307 e. The second-order valence-electron chi connectivity index (χ2n) is 26.8. The van der Waals surface area contributed by atoms with Gasteiger partial charge in [0.2, 0.25) is 0 Å². The molecule has 520 valence electrons. The summed E-state index contributed by atoms with van der Waals surface area (Å²) in [5.41, 5.74) is 0. The molecule has 0 spiro atoms. The van der Waals surface area contributed by atoms with E-state index in [2.05, 4.69) is 47.3 Å². The molecule has 88 heavy (non-hydrogen) atoms. The van der Waals surface area contributed by atoms with E-state index in [9.17, 15) is 19.2 Å². The van der Waals surface area contributed by atoms with Gasteiger partial charge < -0.3 is 28.7 Å². The first-order chi connectivity index (χ1) is 43.3. The van der Waals surface area contributed by atoms with Gasteiger partial charge in [-0.1, -0.05) is 310 Å². The molecule has 0 radical (unpaired) electrons. The second-order valence-corrected chi connectivity index (χ2v) is 26.8. The third-order valence-corrected chi connectivity index (χ3v) is 18.5. The lowest BCUT2D eigenvalue weighted by atomic mass is 10.1. The normalized spacial score (nSPS) is 13.1. The summed E-state index contributed by atoms with van der Waals surface area (Å²) in [6, 6.07) is 0. The van der Waals surface area contributed by atoms with E-state index in [1.54, 1.807) is 0 Å². The van der Waals surface area contributed by atoms with Crippen LogP contribution in [0, 0.1) is 0 Å². The zero-order valence-electron chi connectivity index (χ0n) is 59.1.